The molecule has 1 aromatic rings. The maximum absolute atomic E-state index is 11.8. The van der Waals surface area contributed by atoms with E-state index in [0.29, 0.717) is 24.4 Å². The van der Waals surface area contributed by atoms with E-state index in [1.165, 1.54) is 0 Å². The first-order valence-electron chi connectivity index (χ1n) is 6.52. The highest BCUT2D eigenvalue weighted by Crippen LogP contribution is 2.06. The van der Waals surface area contributed by atoms with E-state index >= 15 is 0 Å². The van der Waals surface area contributed by atoms with Gasteiger partial charge in [0.1, 0.15) is 5.76 Å². The quantitative estimate of drug-likeness (QED) is 0.845. The maximum Gasteiger partial charge on any atom is 0.287 e. The minimum Gasteiger partial charge on any atom is -0.456 e. The van der Waals surface area contributed by atoms with Gasteiger partial charge in [-0.15, -0.1) is 0 Å². The van der Waals surface area contributed by atoms with Crippen molar-refractivity contribution in [1.82, 2.24) is 10.2 Å². The predicted octanol–water partition coefficient (Wildman–Crippen LogP) is 2.44. The largest absolute Gasteiger partial charge is 0.456 e. The number of furan rings is 1. The average molecular weight is 252 g/mol. The Balaban J connectivity index is 2.39. The third-order valence-electron chi connectivity index (χ3n) is 2.95. The summed E-state index contributed by atoms with van der Waals surface area (Å²) in [4.78, 5) is 14.1. The molecule has 0 unspecified atom stereocenters. The molecule has 0 aliphatic carbocycles. The molecule has 4 nitrogen and oxygen atoms in total. The van der Waals surface area contributed by atoms with Crippen LogP contribution < -0.4 is 5.32 Å². The second-order valence-corrected chi connectivity index (χ2v) is 5.09. The van der Waals surface area contributed by atoms with Gasteiger partial charge in [0.25, 0.3) is 5.91 Å². The lowest BCUT2D eigenvalue weighted by atomic mass is 10.2. The average Bonchev–Trinajstić information content (AvgIpc) is 2.69. The van der Waals surface area contributed by atoms with E-state index in [1.54, 1.807) is 12.1 Å². The molecule has 0 saturated carbocycles. The third-order valence-corrected chi connectivity index (χ3v) is 2.95. The van der Waals surface area contributed by atoms with Crippen molar-refractivity contribution in [2.24, 2.45) is 0 Å². The number of aryl methyl sites for hydroxylation is 1. The van der Waals surface area contributed by atoms with Gasteiger partial charge in [-0.2, -0.15) is 0 Å². The number of carbonyl (C=O) groups is 1. The summed E-state index contributed by atoms with van der Waals surface area (Å²) in [6.45, 7) is 12.0. The number of hydrogen-bond donors (Lipinski definition) is 1. The minimum atomic E-state index is -0.143. The Labute approximate surface area is 109 Å². The van der Waals surface area contributed by atoms with Crippen molar-refractivity contribution in [2.75, 3.05) is 13.1 Å². The van der Waals surface area contributed by atoms with Gasteiger partial charge in [-0.3, -0.25) is 9.69 Å². The van der Waals surface area contributed by atoms with Gasteiger partial charge >= 0.3 is 0 Å². The van der Waals surface area contributed by atoms with Crippen molar-refractivity contribution in [2.45, 2.75) is 46.7 Å². The van der Waals surface area contributed by atoms with Crippen LogP contribution in [-0.2, 0) is 0 Å². The molecule has 1 rings (SSSR count). The lowest BCUT2D eigenvalue weighted by Crippen LogP contribution is -2.42. The Kier molecular flexibility index (Phi) is 5.41. The van der Waals surface area contributed by atoms with Crippen molar-refractivity contribution in [3.05, 3.63) is 23.7 Å². The molecule has 1 amide bonds. The van der Waals surface area contributed by atoms with Crippen LogP contribution in [0.1, 0.15) is 44.0 Å². The lowest BCUT2D eigenvalue weighted by molar-refractivity contribution is 0.0910. The second kappa shape index (κ2) is 6.59. The fourth-order valence-corrected chi connectivity index (χ4v) is 2.05. The molecule has 1 aromatic heterocycles. The molecular weight excluding hydrogens is 228 g/mol. The molecule has 18 heavy (non-hydrogen) atoms. The summed E-state index contributed by atoms with van der Waals surface area (Å²) < 4.78 is 5.27. The zero-order valence-corrected chi connectivity index (χ0v) is 12.0. The Hall–Kier alpha value is -1.29. The first kappa shape index (κ1) is 14.8. The monoisotopic (exact) mass is 252 g/mol. The van der Waals surface area contributed by atoms with Gasteiger partial charge in [-0.25, -0.2) is 0 Å². The van der Waals surface area contributed by atoms with E-state index < -0.39 is 0 Å². The van der Waals surface area contributed by atoms with Crippen LogP contribution in [0.4, 0.5) is 0 Å². The van der Waals surface area contributed by atoms with E-state index in [9.17, 15) is 4.79 Å². The molecule has 0 bridgehead atoms. The van der Waals surface area contributed by atoms with Crippen molar-refractivity contribution >= 4 is 5.91 Å². The number of nitrogens with zero attached hydrogens (tertiary/aromatic N) is 1. The standard InChI is InChI=1S/C14H24N2O2/c1-10(2)16(11(3)4)9-8-15-14(17)13-7-6-12(5)18-13/h6-7,10-11H,8-9H2,1-5H3,(H,15,17). The van der Waals surface area contributed by atoms with Crippen LogP contribution in [0, 0.1) is 6.92 Å². The Bertz CT molecular complexity index is 375. The summed E-state index contributed by atoms with van der Waals surface area (Å²) >= 11 is 0. The van der Waals surface area contributed by atoms with Crippen LogP contribution in [0.15, 0.2) is 16.5 Å². The summed E-state index contributed by atoms with van der Waals surface area (Å²) in [7, 11) is 0. The minimum absolute atomic E-state index is 0.143. The van der Waals surface area contributed by atoms with Crippen LogP contribution in [0.3, 0.4) is 0 Å². The van der Waals surface area contributed by atoms with Gasteiger partial charge in [-0.1, -0.05) is 0 Å². The number of nitrogens with one attached hydrogen (secondary N) is 1. The van der Waals surface area contributed by atoms with Crippen LogP contribution in [0.5, 0.6) is 0 Å². The highest BCUT2D eigenvalue weighted by Gasteiger charge is 2.14. The van der Waals surface area contributed by atoms with E-state index in [0.717, 1.165) is 12.3 Å². The predicted molar refractivity (Wildman–Crippen MR) is 72.8 cm³/mol. The molecule has 0 aliphatic heterocycles. The first-order chi connectivity index (χ1) is 8.41. The molecule has 0 aliphatic rings. The van der Waals surface area contributed by atoms with Crippen molar-refractivity contribution in [3.63, 3.8) is 0 Å². The van der Waals surface area contributed by atoms with E-state index in [-0.39, 0.29) is 5.91 Å². The second-order valence-electron chi connectivity index (χ2n) is 5.09. The van der Waals surface area contributed by atoms with Crippen molar-refractivity contribution in [3.8, 4) is 0 Å². The highest BCUT2D eigenvalue weighted by atomic mass is 16.3. The third kappa shape index (κ3) is 4.18. The summed E-state index contributed by atoms with van der Waals surface area (Å²) in [6, 6.07) is 4.46. The molecule has 0 fully saturated rings. The fraction of sp³-hybridized carbons (Fsp3) is 0.643. The summed E-state index contributed by atoms with van der Waals surface area (Å²) in [5, 5.41) is 2.88. The Morgan fingerprint density at radius 2 is 1.89 bits per heavy atom. The van der Waals surface area contributed by atoms with Gasteiger partial charge in [0.15, 0.2) is 5.76 Å². The lowest BCUT2D eigenvalue weighted by Gasteiger charge is -2.30. The summed E-state index contributed by atoms with van der Waals surface area (Å²) in [5.41, 5.74) is 0. The summed E-state index contributed by atoms with van der Waals surface area (Å²) in [5.74, 6) is 0.995. The van der Waals surface area contributed by atoms with Crippen molar-refractivity contribution < 1.29 is 9.21 Å². The number of amides is 1. The van der Waals surface area contributed by atoms with E-state index in [2.05, 4.69) is 37.9 Å². The fourth-order valence-electron chi connectivity index (χ4n) is 2.05. The van der Waals surface area contributed by atoms with Crippen LogP contribution in [-0.4, -0.2) is 36.0 Å². The van der Waals surface area contributed by atoms with Crippen LogP contribution >= 0.6 is 0 Å². The zero-order valence-electron chi connectivity index (χ0n) is 12.0. The molecule has 0 spiro atoms. The van der Waals surface area contributed by atoms with Crippen molar-refractivity contribution in [1.29, 1.82) is 0 Å². The van der Waals surface area contributed by atoms with Gasteiger partial charge in [0.2, 0.25) is 0 Å². The normalized spacial score (nSPS) is 11.6. The van der Waals surface area contributed by atoms with Gasteiger partial charge < -0.3 is 9.73 Å². The molecule has 102 valence electrons. The number of carbonyl (C=O) groups excluding carboxylic acids is 1. The van der Waals surface area contributed by atoms with Crippen LogP contribution in [0.25, 0.3) is 0 Å². The van der Waals surface area contributed by atoms with Gasteiger partial charge in [0.05, 0.1) is 0 Å². The highest BCUT2D eigenvalue weighted by molar-refractivity contribution is 5.91. The summed E-state index contributed by atoms with van der Waals surface area (Å²) in [6.07, 6.45) is 0. The topological polar surface area (TPSA) is 45.5 Å². The molecule has 1 heterocycles. The Morgan fingerprint density at radius 3 is 2.33 bits per heavy atom. The smallest absolute Gasteiger partial charge is 0.287 e. The molecular formula is C14H24N2O2. The SMILES string of the molecule is Cc1ccc(C(=O)NCCN(C(C)C)C(C)C)o1. The van der Waals surface area contributed by atoms with Crippen LogP contribution in [0.2, 0.25) is 0 Å². The molecule has 0 radical (unpaired) electrons. The Morgan fingerprint density at radius 1 is 1.28 bits per heavy atom. The number of hydrogen-bond acceptors (Lipinski definition) is 3. The molecule has 4 heteroatoms. The molecule has 0 atom stereocenters. The molecule has 1 N–H and O–H groups in total. The zero-order chi connectivity index (χ0) is 13.7. The maximum atomic E-state index is 11.8. The molecule has 0 aromatic carbocycles. The van der Waals surface area contributed by atoms with Gasteiger partial charge in [-0.05, 0) is 46.8 Å². The molecule has 0 saturated heterocycles. The van der Waals surface area contributed by atoms with Gasteiger partial charge in [0, 0.05) is 25.2 Å². The van der Waals surface area contributed by atoms with E-state index in [1.807, 2.05) is 6.92 Å². The van der Waals surface area contributed by atoms with E-state index in [4.69, 9.17) is 4.42 Å². The first-order valence-corrected chi connectivity index (χ1v) is 6.52. The number of rotatable bonds is 6.